The smallest absolute Gasteiger partial charge is 0.115 e. The predicted octanol–water partition coefficient (Wildman–Crippen LogP) is 5.79. The van der Waals surface area contributed by atoms with Gasteiger partial charge in [0, 0.05) is 30.9 Å². The van der Waals surface area contributed by atoms with Gasteiger partial charge in [0.05, 0.1) is 6.21 Å². The number of fused-ring (bicyclic) bond motifs is 5. The molecule has 0 saturated heterocycles. The minimum absolute atomic E-state index is 0.182. The van der Waals surface area contributed by atoms with E-state index in [9.17, 15) is 5.11 Å². The number of hydrogen-bond donors (Lipinski definition) is 1. The van der Waals surface area contributed by atoms with Gasteiger partial charge in [0.15, 0.2) is 0 Å². The van der Waals surface area contributed by atoms with E-state index in [2.05, 4.69) is 61.4 Å². The number of anilines is 1. The van der Waals surface area contributed by atoms with Crippen molar-refractivity contribution in [2.24, 2.45) is 27.5 Å². The van der Waals surface area contributed by atoms with Crippen LogP contribution in [0.4, 0.5) is 5.69 Å². The molecule has 2 aromatic rings. The van der Waals surface area contributed by atoms with Crippen LogP contribution in [0.15, 0.2) is 52.7 Å². The Balaban J connectivity index is 1.34. The van der Waals surface area contributed by atoms with Crippen molar-refractivity contribution in [2.75, 3.05) is 19.0 Å². The molecule has 2 fully saturated rings. The molecular formula is C27H33N3O. The highest BCUT2D eigenvalue weighted by Gasteiger charge is 2.53. The van der Waals surface area contributed by atoms with Crippen LogP contribution >= 0.6 is 0 Å². The summed E-state index contributed by atoms with van der Waals surface area (Å²) in [5.41, 5.74) is 6.61. The van der Waals surface area contributed by atoms with Crippen molar-refractivity contribution < 1.29 is 5.11 Å². The number of aromatic hydroxyl groups is 1. The zero-order valence-electron chi connectivity index (χ0n) is 18.9. The molecule has 0 heterocycles. The summed E-state index contributed by atoms with van der Waals surface area (Å²) in [6.07, 6.45) is 8.91. The lowest BCUT2D eigenvalue weighted by molar-refractivity contribution is 0.0955. The first-order valence-corrected chi connectivity index (χ1v) is 11.7. The number of phenolic OH excluding ortho intramolecular Hbond substituents is 1. The van der Waals surface area contributed by atoms with Crippen LogP contribution in [0, 0.1) is 17.3 Å². The molecule has 0 unspecified atom stereocenters. The predicted molar refractivity (Wildman–Crippen MR) is 129 cm³/mol. The molecule has 0 aromatic heterocycles. The lowest BCUT2D eigenvalue weighted by Gasteiger charge is -2.49. The average molecular weight is 416 g/mol. The summed E-state index contributed by atoms with van der Waals surface area (Å²) in [7, 11) is 4.10. The average Bonchev–Trinajstić information content (AvgIpc) is 3.10. The van der Waals surface area contributed by atoms with Crippen molar-refractivity contribution >= 4 is 17.6 Å². The van der Waals surface area contributed by atoms with Crippen molar-refractivity contribution in [3.63, 3.8) is 0 Å². The number of hydrogen-bond acceptors (Lipinski definition) is 4. The van der Waals surface area contributed by atoms with Crippen LogP contribution in [0.3, 0.4) is 0 Å². The molecule has 0 amide bonds. The van der Waals surface area contributed by atoms with Crippen molar-refractivity contribution in [2.45, 2.75) is 51.4 Å². The third kappa shape index (κ3) is 3.56. The van der Waals surface area contributed by atoms with Crippen LogP contribution in [-0.2, 0) is 6.42 Å². The molecule has 1 N–H and O–H groups in total. The Kier molecular flexibility index (Phi) is 5.11. The summed E-state index contributed by atoms with van der Waals surface area (Å²) < 4.78 is 0. The van der Waals surface area contributed by atoms with E-state index in [0.29, 0.717) is 17.6 Å². The third-order valence-corrected chi connectivity index (χ3v) is 8.25. The summed E-state index contributed by atoms with van der Waals surface area (Å²) in [5.74, 6) is 2.47. The highest BCUT2D eigenvalue weighted by atomic mass is 16.3. The zero-order valence-corrected chi connectivity index (χ0v) is 18.9. The van der Waals surface area contributed by atoms with E-state index < -0.39 is 0 Å². The van der Waals surface area contributed by atoms with Crippen LogP contribution in [0.25, 0.3) is 0 Å². The van der Waals surface area contributed by atoms with E-state index in [1.807, 2.05) is 18.3 Å². The van der Waals surface area contributed by atoms with Crippen molar-refractivity contribution in [1.82, 2.24) is 0 Å². The molecular weight excluding hydrogens is 382 g/mol. The van der Waals surface area contributed by atoms with Gasteiger partial charge in [0.1, 0.15) is 5.75 Å². The fourth-order valence-electron chi connectivity index (χ4n) is 6.55. The van der Waals surface area contributed by atoms with Gasteiger partial charge in [-0.2, -0.15) is 10.2 Å². The van der Waals surface area contributed by atoms with E-state index in [1.165, 1.54) is 48.2 Å². The Morgan fingerprint density at radius 2 is 1.84 bits per heavy atom. The summed E-state index contributed by atoms with van der Waals surface area (Å²) in [6.45, 7) is 2.44. The summed E-state index contributed by atoms with van der Waals surface area (Å²) in [4.78, 5) is 2.10. The Morgan fingerprint density at radius 1 is 1.03 bits per heavy atom. The molecule has 0 aliphatic heterocycles. The highest BCUT2D eigenvalue weighted by Crippen LogP contribution is 2.60. The maximum atomic E-state index is 9.88. The van der Waals surface area contributed by atoms with Gasteiger partial charge in [-0.25, -0.2) is 0 Å². The quantitative estimate of drug-likeness (QED) is 0.509. The monoisotopic (exact) mass is 415 g/mol. The SMILES string of the molecule is CN(C)c1ccc(/C=N\N=C2\CC[C@@H]3[C@@H]4CCc5cc(O)ccc5[C@@H]4CC[C@@]23C)cc1. The largest absolute Gasteiger partial charge is 0.508 e. The van der Waals surface area contributed by atoms with E-state index in [0.717, 1.165) is 24.3 Å². The van der Waals surface area contributed by atoms with Gasteiger partial charge in [0.2, 0.25) is 0 Å². The molecule has 4 nitrogen and oxygen atoms in total. The molecule has 2 saturated carbocycles. The number of nitrogens with zero attached hydrogens (tertiary/aromatic N) is 3. The molecule has 0 radical (unpaired) electrons. The molecule has 3 aliphatic carbocycles. The van der Waals surface area contributed by atoms with Crippen molar-refractivity contribution in [1.29, 1.82) is 0 Å². The Hall–Kier alpha value is -2.62. The molecule has 5 rings (SSSR count). The van der Waals surface area contributed by atoms with Crippen LogP contribution < -0.4 is 4.90 Å². The second-order valence-electron chi connectivity index (χ2n) is 10.1. The number of phenols is 1. The van der Waals surface area contributed by atoms with Crippen LogP contribution in [-0.4, -0.2) is 31.1 Å². The minimum atomic E-state index is 0.182. The van der Waals surface area contributed by atoms with Gasteiger partial charge < -0.3 is 10.0 Å². The zero-order chi connectivity index (χ0) is 21.6. The first kappa shape index (κ1) is 20.3. The maximum absolute atomic E-state index is 9.88. The highest BCUT2D eigenvalue weighted by molar-refractivity contribution is 5.93. The summed E-state index contributed by atoms with van der Waals surface area (Å²) in [5, 5.41) is 19.2. The van der Waals surface area contributed by atoms with Gasteiger partial charge >= 0.3 is 0 Å². The lowest BCUT2D eigenvalue weighted by atomic mass is 9.55. The second-order valence-corrected chi connectivity index (χ2v) is 10.1. The van der Waals surface area contributed by atoms with Gasteiger partial charge in [-0.3, -0.25) is 0 Å². The second kappa shape index (κ2) is 7.81. The molecule has 4 atom stereocenters. The van der Waals surface area contributed by atoms with E-state index in [-0.39, 0.29) is 5.41 Å². The van der Waals surface area contributed by atoms with Crippen molar-refractivity contribution in [3.8, 4) is 5.75 Å². The first-order chi connectivity index (χ1) is 15.0. The van der Waals surface area contributed by atoms with Gasteiger partial charge in [0.25, 0.3) is 0 Å². The Morgan fingerprint density at radius 3 is 2.61 bits per heavy atom. The number of rotatable bonds is 3. The standard InChI is InChI=1S/C27H33N3O/c1-27-15-14-23-22-11-9-21(31)16-19(22)6-10-24(23)25(27)12-13-26(27)29-28-17-18-4-7-20(8-5-18)30(2)3/h4-5,7-9,11,16-17,23-25,31H,6,10,12-15H2,1-3H3/b28-17-,29-26-/t23-,24+,25+,27+/m0/s1. The molecule has 3 aliphatic rings. The van der Waals surface area contributed by atoms with Gasteiger partial charge in [-0.1, -0.05) is 25.1 Å². The van der Waals surface area contributed by atoms with Gasteiger partial charge in [-0.05, 0) is 97.2 Å². The molecule has 2 aromatic carbocycles. The normalized spacial score (nSPS) is 30.8. The first-order valence-electron chi connectivity index (χ1n) is 11.7. The van der Waals surface area contributed by atoms with E-state index in [4.69, 9.17) is 5.10 Å². The minimum Gasteiger partial charge on any atom is -0.508 e. The Bertz CT molecular complexity index is 1020. The maximum Gasteiger partial charge on any atom is 0.115 e. The Labute approximate surface area is 185 Å². The van der Waals surface area contributed by atoms with E-state index >= 15 is 0 Å². The fourth-order valence-corrected chi connectivity index (χ4v) is 6.55. The molecule has 0 bridgehead atoms. The van der Waals surface area contributed by atoms with Crippen LogP contribution in [0.5, 0.6) is 5.75 Å². The van der Waals surface area contributed by atoms with Crippen molar-refractivity contribution in [3.05, 3.63) is 59.2 Å². The molecule has 0 spiro atoms. The molecule has 31 heavy (non-hydrogen) atoms. The van der Waals surface area contributed by atoms with Crippen LogP contribution in [0.1, 0.15) is 61.6 Å². The van der Waals surface area contributed by atoms with Crippen LogP contribution in [0.2, 0.25) is 0 Å². The summed E-state index contributed by atoms with van der Waals surface area (Å²) in [6, 6.07) is 14.5. The number of benzene rings is 2. The number of aryl methyl sites for hydroxylation is 1. The topological polar surface area (TPSA) is 48.2 Å². The fraction of sp³-hybridized carbons (Fsp3) is 0.481. The molecule has 162 valence electrons. The van der Waals surface area contributed by atoms with Gasteiger partial charge in [-0.15, -0.1) is 0 Å². The van der Waals surface area contributed by atoms with E-state index in [1.54, 1.807) is 0 Å². The summed E-state index contributed by atoms with van der Waals surface area (Å²) >= 11 is 0. The lowest BCUT2D eigenvalue weighted by Crippen LogP contribution is -2.42. The molecule has 4 heteroatoms. The third-order valence-electron chi connectivity index (χ3n) is 8.25.